The molecule has 0 spiro atoms. The fraction of sp³-hybridized carbons (Fsp3) is 0.256. The molecule has 6 rings (SSSR count). The van der Waals surface area contributed by atoms with Crippen molar-refractivity contribution in [2.45, 2.75) is 51.4 Å². The number of nitrogens with zero attached hydrogens (tertiary/aromatic N) is 1. The maximum atomic E-state index is 13.6. The largest absolute Gasteiger partial charge is 0.497 e. The number of methoxy groups -OCH3 is 1. The molecule has 9 nitrogen and oxygen atoms in total. The summed E-state index contributed by atoms with van der Waals surface area (Å²) < 4.78 is 23.7. The maximum absolute atomic E-state index is 13.6. The molecule has 5 aromatic rings. The lowest BCUT2D eigenvalue weighted by Crippen LogP contribution is -2.43. The molecule has 0 saturated carbocycles. The third-order valence-electron chi connectivity index (χ3n) is 8.27. The summed E-state index contributed by atoms with van der Waals surface area (Å²) in [6.07, 6.45) is 0.386. The van der Waals surface area contributed by atoms with Crippen LogP contribution in [0.25, 0.3) is 22.0 Å². The van der Waals surface area contributed by atoms with E-state index in [0.717, 1.165) is 33.2 Å². The second-order valence-electron chi connectivity index (χ2n) is 12.7. The lowest BCUT2D eigenvalue weighted by atomic mass is 9.98. The van der Waals surface area contributed by atoms with Gasteiger partial charge >= 0.3 is 18.2 Å². The molecule has 0 saturated heterocycles. The molecule has 48 heavy (non-hydrogen) atoms. The van der Waals surface area contributed by atoms with Crippen molar-refractivity contribution in [1.29, 1.82) is 0 Å². The van der Waals surface area contributed by atoms with Crippen LogP contribution in [0.3, 0.4) is 0 Å². The first kappa shape index (κ1) is 32.4. The van der Waals surface area contributed by atoms with Crippen molar-refractivity contribution in [2.24, 2.45) is 0 Å². The van der Waals surface area contributed by atoms with Crippen molar-refractivity contribution in [3.63, 3.8) is 0 Å². The summed E-state index contributed by atoms with van der Waals surface area (Å²) in [5.41, 5.74) is 5.71. The average Bonchev–Trinajstić information content (AvgIpc) is 3.61. The maximum Gasteiger partial charge on any atom is 0.419 e. The van der Waals surface area contributed by atoms with E-state index >= 15 is 0 Å². The highest BCUT2D eigenvalue weighted by Gasteiger charge is 2.31. The smallest absolute Gasteiger partial charge is 0.419 e. The fourth-order valence-electron chi connectivity index (χ4n) is 6.05. The number of para-hydroxylation sites is 1. The molecule has 4 aromatic carbocycles. The molecule has 0 unspecified atom stereocenters. The number of nitrogens with one attached hydrogen (secondary N) is 1. The van der Waals surface area contributed by atoms with Crippen LogP contribution >= 0.6 is 0 Å². The number of fused-ring (bicyclic) bond motifs is 4. The van der Waals surface area contributed by atoms with E-state index < -0.39 is 29.8 Å². The first-order valence-electron chi connectivity index (χ1n) is 15.8. The van der Waals surface area contributed by atoms with Crippen LogP contribution in [0, 0.1) is 0 Å². The summed E-state index contributed by atoms with van der Waals surface area (Å²) >= 11 is 0. The molecule has 1 N–H and O–H groups in total. The van der Waals surface area contributed by atoms with Crippen LogP contribution in [0.1, 0.15) is 48.9 Å². The van der Waals surface area contributed by atoms with E-state index in [2.05, 4.69) is 17.4 Å². The standard InChI is InChI=1S/C39H38N2O7/c1-39(2,3)48-38(44)41-22-26(28-11-9-10-16-35(28)41)21-34(36(42)46-23-25-17-19-27(45-4)20-18-25)40-37(43)47-24-33-31-14-7-5-12-29(31)30-13-6-8-15-32(30)33/h5-20,22,33-34H,21,23-24H2,1-4H3,(H,40,43)/t34-/m0/s1. The van der Waals surface area contributed by atoms with Gasteiger partial charge in [0.25, 0.3) is 0 Å². The second-order valence-corrected chi connectivity index (χ2v) is 12.7. The zero-order valence-electron chi connectivity index (χ0n) is 27.4. The number of amides is 1. The van der Waals surface area contributed by atoms with Crippen molar-refractivity contribution >= 4 is 29.1 Å². The normalized spacial score (nSPS) is 12.9. The topological polar surface area (TPSA) is 105 Å². The minimum absolute atomic E-state index is 0.00857. The van der Waals surface area contributed by atoms with Crippen molar-refractivity contribution in [3.8, 4) is 16.9 Å². The highest BCUT2D eigenvalue weighted by atomic mass is 16.6. The number of rotatable bonds is 9. The monoisotopic (exact) mass is 646 g/mol. The first-order valence-corrected chi connectivity index (χ1v) is 15.8. The predicted molar refractivity (Wildman–Crippen MR) is 182 cm³/mol. The van der Waals surface area contributed by atoms with Gasteiger partial charge in [-0.25, -0.2) is 14.4 Å². The number of hydrogen-bond donors (Lipinski definition) is 1. The quantitative estimate of drug-likeness (QED) is 0.130. The number of carbonyl (C=O) groups excluding carboxylic acids is 3. The van der Waals surface area contributed by atoms with Gasteiger partial charge in [0.2, 0.25) is 0 Å². The number of carbonyl (C=O) groups is 3. The van der Waals surface area contributed by atoms with Gasteiger partial charge < -0.3 is 24.3 Å². The Labute approximate surface area is 279 Å². The molecule has 1 aliphatic rings. The van der Waals surface area contributed by atoms with E-state index in [1.165, 1.54) is 4.57 Å². The second kappa shape index (κ2) is 13.7. The number of aromatic nitrogens is 1. The lowest BCUT2D eigenvalue weighted by Gasteiger charge is -2.20. The van der Waals surface area contributed by atoms with E-state index in [9.17, 15) is 14.4 Å². The Balaban J connectivity index is 1.23. The number of benzene rings is 4. The fourth-order valence-corrected chi connectivity index (χ4v) is 6.05. The highest BCUT2D eigenvalue weighted by molar-refractivity contribution is 5.93. The summed E-state index contributed by atoms with van der Waals surface area (Å²) in [7, 11) is 1.58. The van der Waals surface area contributed by atoms with E-state index in [1.807, 2.05) is 54.6 Å². The number of ether oxygens (including phenoxy) is 4. The van der Waals surface area contributed by atoms with Crippen LogP contribution in [0.5, 0.6) is 5.75 Å². The highest BCUT2D eigenvalue weighted by Crippen LogP contribution is 2.44. The Hall–Kier alpha value is -5.57. The molecule has 1 aliphatic carbocycles. The van der Waals surface area contributed by atoms with E-state index in [4.69, 9.17) is 18.9 Å². The van der Waals surface area contributed by atoms with Gasteiger partial charge in [-0.3, -0.25) is 4.57 Å². The third-order valence-corrected chi connectivity index (χ3v) is 8.27. The molecule has 246 valence electrons. The van der Waals surface area contributed by atoms with Crippen LogP contribution in [-0.4, -0.2) is 48.1 Å². The van der Waals surface area contributed by atoms with Crippen LogP contribution in [0.4, 0.5) is 9.59 Å². The molecule has 1 amide bonds. The Morgan fingerprint density at radius 1 is 0.812 bits per heavy atom. The zero-order chi connectivity index (χ0) is 33.8. The lowest BCUT2D eigenvalue weighted by molar-refractivity contribution is -0.147. The third kappa shape index (κ3) is 7.05. The van der Waals surface area contributed by atoms with Gasteiger partial charge in [-0.15, -0.1) is 0 Å². The van der Waals surface area contributed by atoms with Gasteiger partial charge in [0, 0.05) is 23.9 Å². The first-order chi connectivity index (χ1) is 23.1. The number of esters is 1. The van der Waals surface area contributed by atoms with Gasteiger partial charge in [0.15, 0.2) is 0 Å². The van der Waals surface area contributed by atoms with E-state index in [1.54, 1.807) is 64.4 Å². The Bertz CT molecular complexity index is 1910. The van der Waals surface area contributed by atoms with Gasteiger partial charge in [0.05, 0.1) is 12.6 Å². The van der Waals surface area contributed by atoms with Crippen molar-refractivity contribution < 1.29 is 33.3 Å². The molecular formula is C39H38N2O7. The van der Waals surface area contributed by atoms with E-state index in [-0.39, 0.29) is 25.6 Å². The molecule has 0 aliphatic heterocycles. The van der Waals surface area contributed by atoms with Crippen LogP contribution < -0.4 is 10.1 Å². The van der Waals surface area contributed by atoms with Gasteiger partial charge in [-0.1, -0.05) is 78.9 Å². The van der Waals surface area contributed by atoms with Crippen LogP contribution in [0.2, 0.25) is 0 Å². The van der Waals surface area contributed by atoms with Gasteiger partial charge in [-0.2, -0.15) is 0 Å². The number of hydrogen-bond acceptors (Lipinski definition) is 7. The Morgan fingerprint density at radius 2 is 1.44 bits per heavy atom. The van der Waals surface area contributed by atoms with Crippen molar-refractivity contribution in [1.82, 2.24) is 9.88 Å². The Kier molecular flexibility index (Phi) is 9.21. The molecule has 9 heteroatoms. The van der Waals surface area contributed by atoms with Gasteiger partial charge in [0.1, 0.15) is 30.6 Å². The summed E-state index contributed by atoms with van der Waals surface area (Å²) in [5.74, 6) is -0.106. The average molecular weight is 647 g/mol. The van der Waals surface area contributed by atoms with Gasteiger partial charge in [-0.05, 0) is 72.4 Å². The molecule has 0 radical (unpaired) electrons. The van der Waals surface area contributed by atoms with Crippen molar-refractivity contribution in [2.75, 3.05) is 13.7 Å². The van der Waals surface area contributed by atoms with E-state index in [0.29, 0.717) is 16.8 Å². The predicted octanol–water partition coefficient (Wildman–Crippen LogP) is 7.63. The summed E-state index contributed by atoms with van der Waals surface area (Å²) in [6, 6.07) is 29.5. The van der Waals surface area contributed by atoms with Crippen molar-refractivity contribution in [3.05, 3.63) is 126 Å². The summed E-state index contributed by atoms with van der Waals surface area (Å²) in [5, 5.41) is 3.49. The minimum Gasteiger partial charge on any atom is -0.497 e. The van der Waals surface area contributed by atoms with Crippen LogP contribution in [0.15, 0.2) is 103 Å². The molecule has 0 bridgehead atoms. The summed E-state index contributed by atoms with van der Waals surface area (Å²) in [4.78, 5) is 40.1. The van der Waals surface area contributed by atoms with Crippen LogP contribution in [-0.2, 0) is 32.0 Å². The minimum atomic E-state index is -1.11. The number of alkyl carbamates (subject to hydrolysis) is 1. The molecule has 1 aromatic heterocycles. The SMILES string of the molecule is COc1ccc(COC(=O)[C@H](Cc2cn(C(=O)OC(C)(C)C)c3ccccc23)NC(=O)OCC2c3ccccc3-c3ccccc32)cc1. The molecule has 1 atom stereocenters. The Morgan fingerprint density at radius 3 is 2.08 bits per heavy atom. The molecular weight excluding hydrogens is 608 g/mol. The molecule has 1 heterocycles. The molecule has 0 fully saturated rings. The zero-order valence-corrected chi connectivity index (χ0v) is 27.4. The summed E-state index contributed by atoms with van der Waals surface area (Å²) in [6.45, 7) is 5.47.